The maximum atomic E-state index is 10.3. The van der Waals surface area contributed by atoms with E-state index in [1.54, 1.807) is 12.4 Å². The number of aliphatic hydroxyl groups is 1. The van der Waals surface area contributed by atoms with Crippen LogP contribution in [0.4, 0.5) is 0 Å². The van der Waals surface area contributed by atoms with E-state index in [4.69, 9.17) is 11.6 Å². The van der Waals surface area contributed by atoms with Crippen molar-refractivity contribution in [3.8, 4) is 0 Å². The number of aliphatic hydroxyl groups excluding tert-OH is 1. The highest BCUT2D eigenvalue weighted by Gasteiger charge is 2.22. The van der Waals surface area contributed by atoms with E-state index in [2.05, 4.69) is 4.98 Å². The minimum Gasteiger partial charge on any atom is -0.387 e. The predicted octanol–water partition coefficient (Wildman–Crippen LogP) is 3.94. The number of nitrogens with zero attached hydrogens (tertiary/aromatic N) is 1. The van der Waals surface area contributed by atoms with E-state index >= 15 is 0 Å². The van der Waals surface area contributed by atoms with Gasteiger partial charge in [0, 0.05) is 18.3 Å². The van der Waals surface area contributed by atoms with Crippen molar-refractivity contribution in [2.45, 2.75) is 25.9 Å². The van der Waals surface area contributed by atoms with Crippen LogP contribution in [-0.2, 0) is 0 Å². The van der Waals surface area contributed by atoms with Crippen molar-refractivity contribution >= 4 is 22.9 Å². The fraction of sp³-hybridized carbons (Fsp3) is 0.308. The fourth-order valence-corrected chi connectivity index (χ4v) is 3.12. The molecule has 2 aromatic rings. The average Bonchev–Trinajstić information content (AvgIpc) is 2.69. The molecule has 2 rings (SSSR count). The molecule has 2 aromatic heterocycles. The van der Waals surface area contributed by atoms with Crippen LogP contribution < -0.4 is 0 Å². The second kappa shape index (κ2) is 5.17. The zero-order valence-electron chi connectivity index (χ0n) is 9.72. The number of aryl methyl sites for hydroxylation is 1. The van der Waals surface area contributed by atoms with Crippen molar-refractivity contribution in [1.82, 2.24) is 4.98 Å². The van der Waals surface area contributed by atoms with Gasteiger partial charge in [-0.2, -0.15) is 0 Å². The topological polar surface area (TPSA) is 33.1 Å². The third-order valence-corrected chi connectivity index (χ3v) is 4.68. The average molecular weight is 268 g/mol. The van der Waals surface area contributed by atoms with Gasteiger partial charge in [-0.15, -0.1) is 11.3 Å². The van der Waals surface area contributed by atoms with Crippen molar-refractivity contribution in [3.63, 3.8) is 0 Å². The molecule has 1 N–H and O–H groups in total. The molecule has 0 aliphatic heterocycles. The lowest BCUT2D eigenvalue weighted by atomic mass is 9.95. The van der Waals surface area contributed by atoms with Crippen molar-refractivity contribution in [3.05, 3.63) is 50.9 Å². The minimum atomic E-state index is -0.566. The molecule has 90 valence electrons. The van der Waals surface area contributed by atoms with Gasteiger partial charge in [0.25, 0.3) is 0 Å². The van der Waals surface area contributed by atoms with Gasteiger partial charge in [-0.1, -0.05) is 18.5 Å². The van der Waals surface area contributed by atoms with Gasteiger partial charge >= 0.3 is 0 Å². The molecule has 2 heterocycles. The van der Waals surface area contributed by atoms with Crippen LogP contribution in [0.2, 0.25) is 5.02 Å². The lowest BCUT2D eigenvalue weighted by Crippen LogP contribution is -2.06. The summed E-state index contributed by atoms with van der Waals surface area (Å²) >= 11 is 7.68. The summed E-state index contributed by atoms with van der Waals surface area (Å²) in [5.74, 6) is 0.00792. The summed E-state index contributed by atoms with van der Waals surface area (Å²) in [6.45, 7) is 3.94. The highest BCUT2D eigenvalue weighted by Crippen LogP contribution is 2.39. The first-order valence-electron chi connectivity index (χ1n) is 5.42. The highest BCUT2D eigenvalue weighted by molar-refractivity contribution is 7.10. The first-order chi connectivity index (χ1) is 8.11. The van der Waals surface area contributed by atoms with Crippen LogP contribution in [0, 0.1) is 6.92 Å². The molecule has 0 radical (unpaired) electrons. The van der Waals surface area contributed by atoms with Crippen molar-refractivity contribution < 1.29 is 5.11 Å². The van der Waals surface area contributed by atoms with Crippen LogP contribution in [0.1, 0.15) is 34.9 Å². The molecule has 0 amide bonds. The number of hydrogen-bond donors (Lipinski definition) is 1. The van der Waals surface area contributed by atoms with Gasteiger partial charge in [-0.25, -0.2) is 0 Å². The van der Waals surface area contributed by atoms with Crippen LogP contribution in [0.3, 0.4) is 0 Å². The molecule has 2 atom stereocenters. The Morgan fingerprint density at radius 2 is 2.00 bits per heavy atom. The van der Waals surface area contributed by atoms with Crippen LogP contribution in [0.5, 0.6) is 0 Å². The SMILES string of the molecule is Cc1csc(C(O)C(C)c2ccncc2)c1Cl. The molecule has 2 unspecified atom stereocenters. The van der Waals surface area contributed by atoms with E-state index in [0.717, 1.165) is 16.0 Å². The van der Waals surface area contributed by atoms with E-state index in [1.807, 2.05) is 31.4 Å². The van der Waals surface area contributed by atoms with E-state index in [1.165, 1.54) is 11.3 Å². The quantitative estimate of drug-likeness (QED) is 0.914. The predicted molar refractivity (Wildman–Crippen MR) is 71.7 cm³/mol. The highest BCUT2D eigenvalue weighted by atomic mass is 35.5. The molecule has 0 aliphatic rings. The monoisotopic (exact) mass is 267 g/mol. The van der Waals surface area contributed by atoms with Crippen molar-refractivity contribution in [1.29, 1.82) is 0 Å². The Labute approximate surface area is 110 Å². The van der Waals surface area contributed by atoms with E-state index < -0.39 is 6.10 Å². The molecule has 17 heavy (non-hydrogen) atoms. The molecule has 0 bridgehead atoms. The van der Waals surface area contributed by atoms with Gasteiger partial charge in [0.05, 0.1) is 16.0 Å². The van der Waals surface area contributed by atoms with Crippen molar-refractivity contribution in [2.24, 2.45) is 0 Å². The maximum absolute atomic E-state index is 10.3. The molecular formula is C13H14ClNOS. The van der Waals surface area contributed by atoms with E-state index in [9.17, 15) is 5.11 Å². The first-order valence-corrected chi connectivity index (χ1v) is 6.68. The van der Waals surface area contributed by atoms with Crippen molar-refractivity contribution in [2.75, 3.05) is 0 Å². The standard InChI is InChI=1S/C13H14ClNOS/c1-8-7-17-13(11(8)14)12(16)9(2)10-3-5-15-6-4-10/h3-7,9,12,16H,1-2H3. The number of thiophene rings is 1. The van der Waals surface area contributed by atoms with Gasteiger partial charge in [-0.3, -0.25) is 4.98 Å². The number of halogens is 1. The summed E-state index contributed by atoms with van der Waals surface area (Å²) in [4.78, 5) is 4.82. The number of aromatic nitrogens is 1. The zero-order chi connectivity index (χ0) is 12.4. The summed E-state index contributed by atoms with van der Waals surface area (Å²) in [7, 11) is 0. The fourth-order valence-electron chi connectivity index (χ4n) is 1.73. The minimum absolute atomic E-state index is 0.00792. The number of pyridine rings is 1. The molecule has 0 aromatic carbocycles. The summed E-state index contributed by atoms with van der Waals surface area (Å²) in [5, 5.41) is 13.0. The van der Waals surface area contributed by atoms with Crippen LogP contribution in [0.15, 0.2) is 29.9 Å². The lowest BCUT2D eigenvalue weighted by molar-refractivity contribution is 0.155. The molecule has 4 heteroatoms. The zero-order valence-corrected chi connectivity index (χ0v) is 11.3. The Morgan fingerprint density at radius 3 is 2.53 bits per heavy atom. The Hall–Kier alpha value is -0.900. The van der Waals surface area contributed by atoms with E-state index in [-0.39, 0.29) is 5.92 Å². The molecular weight excluding hydrogens is 254 g/mol. The molecule has 0 spiro atoms. The van der Waals surface area contributed by atoms with Crippen LogP contribution >= 0.6 is 22.9 Å². The van der Waals surface area contributed by atoms with E-state index in [0.29, 0.717) is 5.02 Å². The van der Waals surface area contributed by atoms with Gasteiger partial charge in [0.2, 0.25) is 0 Å². The molecule has 2 nitrogen and oxygen atoms in total. The Balaban J connectivity index is 2.26. The van der Waals surface area contributed by atoms with Gasteiger partial charge in [-0.05, 0) is 35.6 Å². The Kier molecular flexibility index (Phi) is 3.82. The molecule has 0 saturated heterocycles. The summed E-state index contributed by atoms with van der Waals surface area (Å²) in [6, 6.07) is 3.84. The lowest BCUT2D eigenvalue weighted by Gasteiger charge is -2.18. The Bertz CT molecular complexity index is 497. The van der Waals surface area contributed by atoms with Crippen LogP contribution in [-0.4, -0.2) is 10.1 Å². The van der Waals surface area contributed by atoms with Gasteiger partial charge in [0.15, 0.2) is 0 Å². The first kappa shape index (κ1) is 12.6. The largest absolute Gasteiger partial charge is 0.387 e. The maximum Gasteiger partial charge on any atom is 0.0962 e. The Morgan fingerprint density at radius 1 is 1.35 bits per heavy atom. The summed E-state index contributed by atoms with van der Waals surface area (Å²) in [6.07, 6.45) is 2.91. The van der Waals surface area contributed by atoms with Gasteiger partial charge in [0.1, 0.15) is 0 Å². The molecule has 0 saturated carbocycles. The smallest absolute Gasteiger partial charge is 0.0962 e. The third kappa shape index (κ3) is 2.51. The molecule has 0 aliphatic carbocycles. The summed E-state index contributed by atoms with van der Waals surface area (Å²) in [5.41, 5.74) is 2.09. The normalized spacial score (nSPS) is 14.6. The van der Waals surface area contributed by atoms with Crippen LogP contribution in [0.25, 0.3) is 0 Å². The number of rotatable bonds is 3. The third-order valence-electron chi connectivity index (χ3n) is 2.90. The second-order valence-corrected chi connectivity index (χ2v) is 5.40. The second-order valence-electron chi connectivity index (χ2n) is 4.11. The molecule has 0 fully saturated rings. The number of hydrogen-bond acceptors (Lipinski definition) is 3. The summed E-state index contributed by atoms with van der Waals surface area (Å²) < 4.78 is 0. The van der Waals surface area contributed by atoms with Gasteiger partial charge < -0.3 is 5.11 Å².